The van der Waals surface area contributed by atoms with Gasteiger partial charge < -0.3 is 5.11 Å². The van der Waals surface area contributed by atoms with Gasteiger partial charge in [0.05, 0.1) is 0 Å². The van der Waals surface area contributed by atoms with E-state index < -0.39 is 5.97 Å². The molecule has 0 bridgehead atoms. The summed E-state index contributed by atoms with van der Waals surface area (Å²) in [6.45, 7) is 3.69. The van der Waals surface area contributed by atoms with Crippen LogP contribution >= 0.6 is 11.3 Å². The molecule has 0 saturated heterocycles. The molecular weight excluding hydrogens is 232 g/mol. The maximum atomic E-state index is 11.1. The molecule has 86 valence electrons. The molecule has 1 aromatic heterocycles. The molecule has 2 aromatic rings. The SMILES string of the molecule is C=C(C(=O)O)C(c1ccccc1)c1cccs1. The third kappa shape index (κ3) is 2.45. The predicted molar refractivity (Wildman–Crippen MR) is 69.4 cm³/mol. The van der Waals surface area contributed by atoms with Crippen molar-refractivity contribution in [2.75, 3.05) is 0 Å². The van der Waals surface area contributed by atoms with Crippen molar-refractivity contribution in [2.24, 2.45) is 0 Å². The molecular formula is C14H12O2S. The Labute approximate surface area is 104 Å². The summed E-state index contributed by atoms with van der Waals surface area (Å²) in [6, 6.07) is 13.5. The largest absolute Gasteiger partial charge is 0.478 e. The zero-order valence-corrected chi connectivity index (χ0v) is 9.98. The van der Waals surface area contributed by atoms with Gasteiger partial charge in [-0.05, 0) is 17.0 Å². The molecule has 2 rings (SSSR count). The van der Waals surface area contributed by atoms with Crippen LogP contribution in [0.5, 0.6) is 0 Å². The maximum absolute atomic E-state index is 11.1. The van der Waals surface area contributed by atoms with Crippen LogP contribution in [0.4, 0.5) is 0 Å². The molecule has 3 heteroatoms. The fourth-order valence-electron chi connectivity index (χ4n) is 1.76. The van der Waals surface area contributed by atoms with Gasteiger partial charge in [0.25, 0.3) is 0 Å². The highest BCUT2D eigenvalue weighted by Crippen LogP contribution is 2.33. The summed E-state index contributed by atoms with van der Waals surface area (Å²) in [4.78, 5) is 12.1. The van der Waals surface area contributed by atoms with E-state index in [0.29, 0.717) is 0 Å². The van der Waals surface area contributed by atoms with Gasteiger partial charge in [0.2, 0.25) is 0 Å². The number of aliphatic carboxylic acids is 1. The van der Waals surface area contributed by atoms with Crippen molar-refractivity contribution in [3.8, 4) is 0 Å². The van der Waals surface area contributed by atoms with Crippen LogP contribution in [0.3, 0.4) is 0 Å². The zero-order chi connectivity index (χ0) is 12.3. The topological polar surface area (TPSA) is 37.3 Å². The van der Waals surface area contributed by atoms with E-state index in [9.17, 15) is 4.79 Å². The zero-order valence-electron chi connectivity index (χ0n) is 9.17. The molecule has 0 aliphatic carbocycles. The summed E-state index contributed by atoms with van der Waals surface area (Å²) >= 11 is 1.55. The molecule has 0 saturated carbocycles. The smallest absolute Gasteiger partial charge is 0.331 e. The van der Waals surface area contributed by atoms with Gasteiger partial charge in [-0.15, -0.1) is 11.3 Å². The lowest BCUT2D eigenvalue weighted by molar-refractivity contribution is -0.132. The van der Waals surface area contributed by atoms with Crippen LogP contribution in [-0.4, -0.2) is 11.1 Å². The van der Waals surface area contributed by atoms with Crippen molar-refractivity contribution >= 4 is 17.3 Å². The number of carbonyl (C=O) groups is 1. The minimum Gasteiger partial charge on any atom is -0.478 e. The molecule has 0 aliphatic rings. The van der Waals surface area contributed by atoms with E-state index in [1.165, 1.54) is 0 Å². The third-order valence-corrected chi connectivity index (χ3v) is 3.52. The highest BCUT2D eigenvalue weighted by Gasteiger charge is 2.22. The minimum atomic E-state index is -0.952. The second-order valence-corrected chi connectivity index (χ2v) is 4.67. The van der Waals surface area contributed by atoms with Crippen LogP contribution in [0.1, 0.15) is 16.4 Å². The van der Waals surface area contributed by atoms with Crippen molar-refractivity contribution in [1.29, 1.82) is 0 Å². The lowest BCUT2D eigenvalue weighted by Crippen LogP contribution is -2.10. The van der Waals surface area contributed by atoms with Gasteiger partial charge >= 0.3 is 5.97 Å². The molecule has 0 fully saturated rings. The quantitative estimate of drug-likeness (QED) is 0.835. The van der Waals surface area contributed by atoms with E-state index >= 15 is 0 Å². The Bertz CT molecular complexity index is 514. The maximum Gasteiger partial charge on any atom is 0.331 e. The summed E-state index contributed by atoms with van der Waals surface area (Å²) in [7, 11) is 0. The van der Waals surface area contributed by atoms with Crippen LogP contribution in [0.2, 0.25) is 0 Å². The molecule has 1 atom stereocenters. The number of thiophene rings is 1. The van der Waals surface area contributed by atoms with Crippen LogP contribution in [0.25, 0.3) is 0 Å². The van der Waals surface area contributed by atoms with E-state index in [0.717, 1.165) is 10.4 Å². The van der Waals surface area contributed by atoms with Gasteiger partial charge in [-0.3, -0.25) is 0 Å². The standard InChI is InChI=1S/C14H12O2S/c1-10(14(15)16)13(12-8-5-9-17-12)11-6-3-2-4-7-11/h2-9,13H,1H2,(H,15,16). The molecule has 1 N–H and O–H groups in total. The summed E-state index contributed by atoms with van der Waals surface area (Å²) in [6.07, 6.45) is 0. The normalized spacial score (nSPS) is 12.0. The first kappa shape index (κ1) is 11.6. The first-order valence-corrected chi connectivity index (χ1v) is 6.08. The first-order valence-electron chi connectivity index (χ1n) is 5.20. The Balaban J connectivity index is 2.45. The Hall–Kier alpha value is -1.87. The summed E-state index contributed by atoms with van der Waals surface area (Å²) in [5.74, 6) is -1.21. The highest BCUT2D eigenvalue weighted by molar-refractivity contribution is 7.10. The molecule has 0 radical (unpaired) electrons. The molecule has 2 nitrogen and oxygen atoms in total. The van der Waals surface area contributed by atoms with Crippen LogP contribution in [0.15, 0.2) is 60.0 Å². The van der Waals surface area contributed by atoms with Gasteiger partial charge in [-0.2, -0.15) is 0 Å². The van der Waals surface area contributed by atoms with E-state index in [4.69, 9.17) is 5.11 Å². The van der Waals surface area contributed by atoms with E-state index in [1.807, 2.05) is 47.8 Å². The second-order valence-electron chi connectivity index (χ2n) is 3.69. The number of rotatable bonds is 4. The Morgan fingerprint density at radius 2 is 1.88 bits per heavy atom. The Kier molecular flexibility index (Phi) is 3.40. The summed E-state index contributed by atoms with van der Waals surface area (Å²) < 4.78 is 0. The van der Waals surface area contributed by atoms with E-state index in [2.05, 4.69) is 6.58 Å². The van der Waals surface area contributed by atoms with Gasteiger partial charge in [0.15, 0.2) is 0 Å². The predicted octanol–water partition coefficient (Wildman–Crippen LogP) is 3.52. The minimum absolute atomic E-state index is 0.207. The van der Waals surface area contributed by atoms with Gasteiger partial charge in [0, 0.05) is 16.4 Å². The van der Waals surface area contributed by atoms with Crippen LogP contribution in [0, 0.1) is 0 Å². The van der Waals surface area contributed by atoms with Crippen molar-refractivity contribution < 1.29 is 9.90 Å². The molecule has 1 unspecified atom stereocenters. The van der Waals surface area contributed by atoms with E-state index in [1.54, 1.807) is 11.3 Å². The number of benzene rings is 1. The molecule has 17 heavy (non-hydrogen) atoms. The first-order chi connectivity index (χ1) is 8.20. The van der Waals surface area contributed by atoms with Crippen molar-refractivity contribution in [3.05, 3.63) is 70.4 Å². The average Bonchev–Trinajstić information content (AvgIpc) is 2.84. The lowest BCUT2D eigenvalue weighted by Gasteiger charge is -2.15. The summed E-state index contributed by atoms with van der Waals surface area (Å²) in [5, 5.41) is 11.1. The number of hydrogen-bond donors (Lipinski definition) is 1. The monoisotopic (exact) mass is 244 g/mol. The van der Waals surface area contributed by atoms with E-state index in [-0.39, 0.29) is 11.5 Å². The number of carboxylic acids is 1. The fourth-order valence-corrected chi connectivity index (χ4v) is 2.65. The number of hydrogen-bond acceptors (Lipinski definition) is 2. The van der Waals surface area contributed by atoms with Gasteiger partial charge in [0.1, 0.15) is 0 Å². The van der Waals surface area contributed by atoms with Gasteiger partial charge in [-0.1, -0.05) is 43.0 Å². The molecule has 0 amide bonds. The molecule has 0 spiro atoms. The Morgan fingerprint density at radius 3 is 2.41 bits per heavy atom. The van der Waals surface area contributed by atoms with Gasteiger partial charge in [-0.25, -0.2) is 4.79 Å². The lowest BCUT2D eigenvalue weighted by atomic mass is 9.90. The Morgan fingerprint density at radius 1 is 1.18 bits per heavy atom. The van der Waals surface area contributed by atoms with Crippen molar-refractivity contribution in [2.45, 2.75) is 5.92 Å². The molecule has 1 aromatic carbocycles. The van der Waals surface area contributed by atoms with Crippen LogP contribution < -0.4 is 0 Å². The van der Waals surface area contributed by atoms with Crippen molar-refractivity contribution in [3.63, 3.8) is 0 Å². The second kappa shape index (κ2) is 4.97. The third-order valence-electron chi connectivity index (χ3n) is 2.58. The fraction of sp³-hybridized carbons (Fsp3) is 0.0714. The number of carboxylic acid groups (broad SMARTS) is 1. The molecule has 0 aliphatic heterocycles. The summed E-state index contributed by atoms with van der Waals surface area (Å²) in [5.41, 5.74) is 1.17. The average molecular weight is 244 g/mol. The molecule has 1 heterocycles. The highest BCUT2D eigenvalue weighted by atomic mass is 32.1. The van der Waals surface area contributed by atoms with Crippen molar-refractivity contribution in [1.82, 2.24) is 0 Å². The van der Waals surface area contributed by atoms with Crippen LogP contribution in [-0.2, 0) is 4.79 Å².